The van der Waals surface area contributed by atoms with Gasteiger partial charge in [0, 0.05) is 26.1 Å². The Morgan fingerprint density at radius 2 is 1.90 bits per heavy atom. The molecule has 0 aromatic heterocycles. The summed E-state index contributed by atoms with van der Waals surface area (Å²) in [5.41, 5.74) is 4.88. The van der Waals surface area contributed by atoms with Crippen molar-refractivity contribution >= 4 is 23.9 Å². The predicted octanol–water partition coefficient (Wildman–Crippen LogP) is 1.23. The maximum atomic E-state index is 13.1. The molecule has 2 atom stereocenters. The molecule has 0 aromatic rings. The fraction of sp³-hybridized carbons (Fsp3) is 0.810. The number of nitrogens with one attached hydrogen (secondary N) is 2. The number of nitrogens with two attached hydrogens (primary N) is 1. The van der Waals surface area contributed by atoms with Gasteiger partial charge in [-0.2, -0.15) is 0 Å². The molecule has 1 aliphatic rings. The van der Waals surface area contributed by atoms with Crippen molar-refractivity contribution in [2.45, 2.75) is 77.4 Å². The van der Waals surface area contributed by atoms with E-state index in [2.05, 4.69) is 10.6 Å². The Labute approximate surface area is 184 Å². The van der Waals surface area contributed by atoms with Crippen LogP contribution in [-0.4, -0.2) is 71.7 Å². The summed E-state index contributed by atoms with van der Waals surface area (Å²) in [4.78, 5) is 50.0. The number of ether oxygens (including phenoxy) is 1. The number of carboxylic acid groups (broad SMARTS) is 1. The second kappa shape index (κ2) is 13.1. The van der Waals surface area contributed by atoms with Crippen LogP contribution in [0.5, 0.6) is 0 Å². The van der Waals surface area contributed by atoms with E-state index in [1.165, 1.54) is 0 Å². The first-order valence-electron chi connectivity index (χ1n) is 11.0. The highest BCUT2D eigenvalue weighted by atomic mass is 16.6. The molecule has 178 valence electrons. The fourth-order valence-corrected chi connectivity index (χ4v) is 3.41. The minimum atomic E-state index is -0.901. The van der Waals surface area contributed by atoms with E-state index in [0.717, 1.165) is 6.42 Å². The normalized spacial score (nSPS) is 17.5. The van der Waals surface area contributed by atoms with Crippen molar-refractivity contribution in [1.29, 1.82) is 0 Å². The monoisotopic (exact) mass is 442 g/mol. The van der Waals surface area contributed by atoms with Gasteiger partial charge < -0.3 is 31.1 Å². The molecule has 0 spiro atoms. The van der Waals surface area contributed by atoms with Crippen molar-refractivity contribution in [2.24, 2.45) is 11.7 Å². The average Bonchev–Trinajstić information content (AvgIpc) is 2.68. The summed E-state index contributed by atoms with van der Waals surface area (Å²) in [6.07, 6.45) is 2.91. The molecule has 1 unspecified atom stereocenters. The van der Waals surface area contributed by atoms with Crippen LogP contribution in [0.25, 0.3) is 0 Å². The number of hydrogen-bond donors (Lipinski definition) is 4. The molecule has 1 heterocycles. The summed E-state index contributed by atoms with van der Waals surface area (Å²) in [5, 5.41) is 14.1. The minimum Gasteiger partial charge on any atom is -0.481 e. The Bertz CT molecular complexity index is 619. The fourth-order valence-electron chi connectivity index (χ4n) is 3.41. The molecule has 10 heteroatoms. The highest BCUT2D eigenvalue weighted by Crippen LogP contribution is 2.19. The summed E-state index contributed by atoms with van der Waals surface area (Å²) < 4.78 is 5.29. The maximum Gasteiger partial charge on any atom is 0.408 e. The number of carbonyl (C=O) groups excluding carboxylic acids is 3. The first kappa shape index (κ1) is 26.7. The number of amides is 3. The number of carboxylic acids is 1. The zero-order valence-electron chi connectivity index (χ0n) is 18.9. The van der Waals surface area contributed by atoms with Gasteiger partial charge in [-0.15, -0.1) is 0 Å². The SMILES string of the molecule is CC(C)(C)OC(=O)N[C@H](CCCCN)C(=O)N1CCCC(C(=O)NCCCC(=O)O)C1. The molecule has 1 rings (SSSR count). The lowest BCUT2D eigenvalue weighted by molar-refractivity contribution is -0.139. The molecule has 0 bridgehead atoms. The smallest absolute Gasteiger partial charge is 0.408 e. The van der Waals surface area contributed by atoms with Gasteiger partial charge in [0.1, 0.15) is 11.6 Å². The molecule has 1 fully saturated rings. The van der Waals surface area contributed by atoms with Crippen LogP contribution in [0.2, 0.25) is 0 Å². The number of nitrogens with zero attached hydrogens (tertiary/aromatic N) is 1. The summed E-state index contributed by atoms with van der Waals surface area (Å²) in [6, 6.07) is -0.737. The maximum absolute atomic E-state index is 13.1. The van der Waals surface area contributed by atoms with E-state index < -0.39 is 23.7 Å². The number of alkyl carbamates (subject to hydrolysis) is 1. The van der Waals surface area contributed by atoms with Crippen molar-refractivity contribution < 1.29 is 29.0 Å². The Balaban J connectivity index is 2.68. The van der Waals surface area contributed by atoms with Crippen LogP contribution in [0.3, 0.4) is 0 Å². The number of rotatable bonds is 11. The van der Waals surface area contributed by atoms with E-state index in [1.807, 2.05) is 0 Å². The standard InChI is InChI=1S/C21H38N4O6/c1-21(2,3)31-20(30)24-16(9-4-5-11-22)19(29)25-13-7-8-15(14-25)18(28)23-12-6-10-17(26)27/h15-16H,4-14,22H2,1-3H3,(H,23,28)(H,24,30)(H,26,27)/t15?,16-/m1/s1. The number of hydrogen-bond acceptors (Lipinski definition) is 6. The Hall–Kier alpha value is -2.36. The van der Waals surface area contributed by atoms with Crippen LogP contribution < -0.4 is 16.4 Å². The van der Waals surface area contributed by atoms with Crippen LogP contribution in [-0.2, 0) is 19.1 Å². The third kappa shape index (κ3) is 11.0. The molecule has 3 amide bonds. The second-order valence-corrected chi connectivity index (χ2v) is 8.89. The molecular formula is C21H38N4O6. The average molecular weight is 443 g/mol. The largest absolute Gasteiger partial charge is 0.481 e. The topological polar surface area (TPSA) is 151 Å². The molecule has 31 heavy (non-hydrogen) atoms. The van der Waals surface area contributed by atoms with Crippen molar-refractivity contribution in [2.75, 3.05) is 26.2 Å². The van der Waals surface area contributed by atoms with Crippen LogP contribution in [0.4, 0.5) is 4.79 Å². The van der Waals surface area contributed by atoms with Crippen molar-refractivity contribution in [3.05, 3.63) is 0 Å². The lowest BCUT2D eigenvalue weighted by Crippen LogP contribution is -2.53. The highest BCUT2D eigenvalue weighted by molar-refractivity contribution is 5.87. The van der Waals surface area contributed by atoms with Crippen LogP contribution in [0.1, 0.15) is 65.7 Å². The lowest BCUT2D eigenvalue weighted by atomic mass is 9.96. The first-order valence-corrected chi connectivity index (χ1v) is 11.0. The molecule has 0 saturated carbocycles. The Kier molecular flexibility index (Phi) is 11.3. The quantitative estimate of drug-likeness (QED) is 0.351. The number of piperidine rings is 1. The van der Waals surface area contributed by atoms with Crippen molar-refractivity contribution in [1.82, 2.24) is 15.5 Å². The number of unbranched alkanes of at least 4 members (excludes halogenated alkanes) is 1. The summed E-state index contributed by atoms with van der Waals surface area (Å²) in [7, 11) is 0. The van der Waals surface area contributed by atoms with E-state index in [1.54, 1.807) is 25.7 Å². The Morgan fingerprint density at radius 1 is 1.19 bits per heavy atom. The van der Waals surface area contributed by atoms with Gasteiger partial charge in [0.05, 0.1) is 5.92 Å². The zero-order valence-corrected chi connectivity index (χ0v) is 18.9. The predicted molar refractivity (Wildman–Crippen MR) is 115 cm³/mol. The molecule has 1 saturated heterocycles. The van der Waals surface area contributed by atoms with Gasteiger partial charge in [-0.05, 0) is 65.8 Å². The summed E-state index contributed by atoms with van der Waals surface area (Å²) in [5.74, 6) is -1.66. The lowest BCUT2D eigenvalue weighted by Gasteiger charge is -2.34. The third-order valence-electron chi connectivity index (χ3n) is 4.91. The van der Waals surface area contributed by atoms with Gasteiger partial charge in [-0.3, -0.25) is 14.4 Å². The molecular weight excluding hydrogens is 404 g/mol. The molecule has 0 aromatic carbocycles. The third-order valence-corrected chi connectivity index (χ3v) is 4.91. The van der Waals surface area contributed by atoms with E-state index >= 15 is 0 Å². The second-order valence-electron chi connectivity index (χ2n) is 8.89. The van der Waals surface area contributed by atoms with E-state index in [-0.39, 0.29) is 37.2 Å². The van der Waals surface area contributed by atoms with Crippen LogP contribution in [0.15, 0.2) is 0 Å². The van der Waals surface area contributed by atoms with Gasteiger partial charge in [0.2, 0.25) is 11.8 Å². The number of aliphatic carboxylic acids is 1. The zero-order chi connectivity index (χ0) is 23.4. The van der Waals surface area contributed by atoms with Gasteiger partial charge >= 0.3 is 12.1 Å². The van der Waals surface area contributed by atoms with Gasteiger partial charge in [0.25, 0.3) is 0 Å². The molecule has 0 aliphatic carbocycles. The van der Waals surface area contributed by atoms with Crippen LogP contribution >= 0.6 is 0 Å². The van der Waals surface area contributed by atoms with Gasteiger partial charge in [0.15, 0.2) is 0 Å². The minimum absolute atomic E-state index is 0.00360. The number of carbonyl (C=O) groups is 4. The summed E-state index contributed by atoms with van der Waals surface area (Å²) in [6.45, 7) is 6.84. The summed E-state index contributed by atoms with van der Waals surface area (Å²) >= 11 is 0. The van der Waals surface area contributed by atoms with E-state index in [4.69, 9.17) is 15.6 Å². The van der Waals surface area contributed by atoms with Crippen molar-refractivity contribution in [3.8, 4) is 0 Å². The molecule has 1 aliphatic heterocycles. The molecule has 10 nitrogen and oxygen atoms in total. The van der Waals surface area contributed by atoms with Crippen molar-refractivity contribution in [3.63, 3.8) is 0 Å². The molecule has 0 radical (unpaired) electrons. The Morgan fingerprint density at radius 3 is 2.52 bits per heavy atom. The van der Waals surface area contributed by atoms with Gasteiger partial charge in [-0.25, -0.2) is 4.79 Å². The van der Waals surface area contributed by atoms with Gasteiger partial charge in [-0.1, -0.05) is 0 Å². The first-order chi connectivity index (χ1) is 14.5. The van der Waals surface area contributed by atoms with E-state index in [9.17, 15) is 19.2 Å². The number of likely N-dealkylation sites (tertiary alicyclic amines) is 1. The molecule has 5 N–H and O–H groups in total. The van der Waals surface area contributed by atoms with Crippen LogP contribution in [0, 0.1) is 5.92 Å². The van der Waals surface area contributed by atoms with E-state index in [0.29, 0.717) is 45.2 Å². The highest BCUT2D eigenvalue weighted by Gasteiger charge is 2.33.